The Balaban J connectivity index is 2.66. The summed E-state index contributed by atoms with van der Waals surface area (Å²) in [6.45, 7) is 4.98. The van der Waals surface area contributed by atoms with E-state index in [0.29, 0.717) is 6.04 Å². The van der Waals surface area contributed by atoms with E-state index in [-0.39, 0.29) is 6.04 Å². The molecule has 4 heteroatoms. The van der Waals surface area contributed by atoms with Crippen LogP contribution in [-0.2, 0) is 4.79 Å². The number of amides is 1. The standard InChI is InChI=1S/C9H16N2O2/c1-7(2)11-6-4-3-5-8(11)9(12)10-13/h7-8H,3-6H2,1-2H3. The van der Waals surface area contributed by atoms with E-state index in [2.05, 4.69) is 10.1 Å². The Labute approximate surface area is 78.3 Å². The predicted molar refractivity (Wildman–Crippen MR) is 50.3 cm³/mol. The van der Waals surface area contributed by atoms with Crippen molar-refractivity contribution in [2.24, 2.45) is 5.18 Å². The molecule has 1 amide bonds. The van der Waals surface area contributed by atoms with Crippen LogP contribution in [0.4, 0.5) is 0 Å². The molecule has 0 spiro atoms. The van der Waals surface area contributed by atoms with Gasteiger partial charge in [0.1, 0.15) is 0 Å². The minimum Gasteiger partial charge on any atom is -0.289 e. The van der Waals surface area contributed by atoms with Gasteiger partial charge in [0.2, 0.25) is 0 Å². The molecule has 1 atom stereocenters. The molecular formula is C9H16N2O2. The van der Waals surface area contributed by atoms with E-state index >= 15 is 0 Å². The van der Waals surface area contributed by atoms with E-state index in [9.17, 15) is 9.70 Å². The lowest BCUT2D eigenvalue weighted by Crippen LogP contribution is -2.47. The number of piperidine rings is 1. The Morgan fingerprint density at radius 3 is 2.69 bits per heavy atom. The second-order valence-corrected chi connectivity index (χ2v) is 3.77. The van der Waals surface area contributed by atoms with Crippen molar-refractivity contribution in [1.29, 1.82) is 0 Å². The van der Waals surface area contributed by atoms with Gasteiger partial charge in [-0.25, -0.2) is 0 Å². The maximum atomic E-state index is 11.2. The van der Waals surface area contributed by atoms with E-state index < -0.39 is 5.91 Å². The highest BCUT2D eigenvalue weighted by atomic mass is 16.3. The average molecular weight is 184 g/mol. The van der Waals surface area contributed by atoms with Gasteiger partial charge in [-0.2, -0.15) is 0 Å². The zero-order valence-electron chi connectivity index (χ0n) is 8.19. The van der Waals surface area contributed by atoms with Crippen molar-refractivity contribution in [1.82, 2.24) is 4.90 Å². The molecule has 1 saturated heterocycles. The molecule has 13 heavy (non-hydrogen) atoms. The quantitative estimate of drug-likeness (QED) is 0.612. The molecule has 0 radical (unpaired) electrons. The second kappa shape index (κ2) is 4.46. The third-order valence-electron chi connectivity index (χ3n) is 2.58. The first-order valence-electron chi connectivity index (χ1n) is 4.79. The zero-order chi connectivity index (χ0) is 9.84. The first-order valence-corrected chi connectivity index (χ1v) is 4.79. The summed E-state index contributed by atoms with van der Waals surface area (Å²) in [5.74, 6) is -0.506. The average Bonchev–Trinajstić information content (AvgIpc) is 2.16. The number of likely N-dealkylation sites (tertiary alicyclic amines) is 1. The lowest BCUT2D eigenvalue weighted by Gasteiger charge is -2.35. The van der Waals surface area contributed by atoms with Crippen LogP contribution in [0.15, 0.2) is 5.18 Å². The monoisotopic (exact) mass is 184 g/mol. The molecule has 1 fully saturated rings. The minimum absolute atomic E-state index is 0.258. The number of carbonyl (C=O) groups excluding carboxylic acids is 1. The summed E-state index contributed by atoms with van der Waals surface area (Å²) in [5.41, 5.74) is 0. The number of rotatable bonds is 2. The highest BCUT2D eigenvalue weighted by molar-refractivity contribution is 5.82. The fourth-order valence-electron chi connectivity index (χ4n) is 1.90. The van der Waals surface area contributed by atoms with Gasteiger partial charge in [-0.15, -0.1) is 4.91 Å². The summed E-state index contributed by atoms with van der Waals surface area (Å²) < 4.78 is 0. The Kier molecular flexibility index (Phi) is 3.54. The molecule has 1 aliphatic rings. The third-order valence-corrected chi connectivity index (χ3v) is 2.58. The Morgan fingerprint density at radius 2 is 2.15 bits per heavy atom. The van der Waals surface area contributed by atoms with Crippen molar-refractivity contribution in [3.05, 3.63) is 4.91 Å². The van der Waals surface area contributed by atoms with E-state index in [1.165, 1.54) is 0 Å². The Hall–Kier alpha value is -0.770. The van der Waals surface area contributed by atoms with Crippen molar-refractivity contribution in [2.75, 3.05) is 6.54 Å². The number of carbonyl (C=O) groups is 1. The van der Waals surface area contributed by atoms with Gasteiger partial charge >= 0.3 is 5.91 Å². The van der Waals surface area contributed by atoms with Gasteiger partial charge in [0.05, 0.1) is 6.04 Å². The Morgan fingerprint density at radius 1 is 1.46 bits per heavy atom. The van der Waals surface area contributed by atoms with Crippen LogP contribution in [0, 0.1) is 4.91 Å². The number of nitroso groups, excluding NO2 is 1. The molecule has 1 aliphatic heterocycles. The Bertz CT molecular complexity index is 204. The maximum absolute atomic E-state index is 11.2. The number of hydrogen-bond donors (Lipinski definition) is 0. The van der Waals surface area contributed by atoms with Gasteiger partial charge in [0.15, 0.2) is 0 Å². The molecule has 0 aliphatic carbocycles. The zero-order valence-corrected chi connectivity index (χ0v) is 8.19. The highest BCUT2D eigenvalue weighted by Gasteiger charge is 2.30. The largest absolute Gasteiger partial charge is 0.303 e. The van der Waals surface area contributed by atoms with Crippen molar-refractivity contribution >= 4 is 5.91 Å². The highest BCUT2D eigenvalue weighted by Crippen LogP contribution is 2.20. The van der Waals surface area contributed by atoms with Crippen LogP contribution in [-0.4, -0.2) is 29.4 Å². The molecule has 0 bridgehead atoms. The van der Waals surface area contributed by atoms with Crippen LogP contribution in [0.25, 0.3) is 0 Å². The van der Waals surface area contributed by atoms with Crippen molar-refractivity contribution in [2.45, 2.75) is 45.2 Å². The maximum Gasteiger partial charge on any atom is 0.303 e. The smallest absolute Gasteiger partial charge is 0.289 e. The number of nitrogens with zero attached hydrogens (tertiary/aromatic N) is 2. The second-order valence-electron chi connectivity index (χ2n) is 3.77. The summed E-state index contributed by atoms with van der Waals surface area (Å²) in [6, 6.07) is 0.0576. The fourth-order valence-corrected chi connectivity index (χ4v) is 1.90. The summed E-state index contributed by atoms with van der Waals surface area (Å²) >= 11 is 0. The third kappa shape index (κ3) is 2.34. The fraction of sp³-hybridized carbons (Fsp3) is 0.889. The van der Waals surface area contributed by atoms with Crippen molar-refractivity contribution < 1.29 is 4.79 Å². The normalized spacial score (nSPS) is 24.7. The SMILES string of the molecule is CC(C)N1CCCCC1C(=O)N=O. The molecule has 4 nitrogen and oxygen atoms in total. The lowest BCUT2D eigenvalue weighted by molar-refractivity contribution is -0.125. The molecule has 1 unspecified atom stereocenters. The van der Waals surface area contributed by atoms with Crippen molar-refractivity contribution in [3.8, 4) is 0 Å². The molecule has 74 valence electrons. The molecule has 1 rings (SSSR count). The molecule has 0 aromatic rings. The van der Waals surface area contributed by atoms with Crippen LogP contribution < -0.4 is 0 Å². The predicted octanol–water partition coefficient (Wildman–Crippen LogP) is 1.54. The molecule has 0 aromatic carbocycles. The van der Waals surface area contributed by atoms with Crippen LogP contribution in [0.2, 0.25) is 0 Å². The van der Waals surface area contributed by atoms with E-state index in [1.807, 2.05) is 13.8 Å². The summed E-state index contributed by atoms with van der Waals surface area (Å²) in [5, 5.41) is 2.51. The lowest BCUT2D eigenvalue weighted by atomic mass is 10.00. The molecule has 0 N–H and O–H groups in total. The first-order chi connectivity index (χ1) is 6.16. The summed E-state index contributed by atoms with van der Waals surface area (Å²) in [7, 11) is 0. The summed E-state index contributed by atoms with van der Waals surface area (Å²) in [4.78, 5) is 23.4. The van der Waals surface area contributed by atoms with Gasteiger partial charge in [0.25, 0.3) is 0 Å². The molecular weight excluding hydrogens is 168 g/mol. The molecule has 1 heterocycles. The minimum atomic E-state index is -0.506. The van der Waals surface area contributed by atoms with Crippen molar-refractivity contribution in [3.63, 3.8) is 0 Å². The van der Waals surface area contributed by atoms with Crippen LogP contribution in [0.1, 0.15) is 33.1 Å². The molecule has 0 aromatic heterocycles. The van der Waals surface area contributed by atoms with Gasteiger partial charge in [-0.05, 0) is 33.2 Å². The van der Waals surface area contributed by atoms with Gasteiger partial charge in [-0.3, -0.25) is 9.69 Å². The van der Waals surface area contributed by atoms with Crippen LogP contribution >= 0.6 is 0 Å². The molecule has 0 saturated carbocycles. The van der Waals surface area contributed by atoms with E-state index in [4.69, 9.17) is 0 Å². The van der Waals surface area contributed by atoms with Gasteiger partial charge in [0, 0.05) is 11.2 Å². The first kappa shape index (κ1) is 10.3. The van der Waals surface area contributed by atoms with Gasteiger partial charge in [-0.1, -0.05) is 6.42 Å². The van der Waals surface area contributed by atoms with Crippen LogP contribution in [0.5, 0.6) is 0 Å². The van der Waals surface area contributed by atoms with E-state index in [1.54, 1.807) is 0 Å². The van der Waals surface area contributed by atoms with Crippen LogP contribution in [0.3, 0.4) is 0 Å². The summed E-state index contributed by atoms with van der Waals surface area (Å²) in [6.07, 6.45) is 2.92. The number of hydrogen-bond acceptors (Lipinski definition) is 3. The van der Waals surface area contributed by atoms with E-state index in [0.717, 1.165) is 25.8 Å². The van der Waals surface area contributed by atoms with Gasteiger partial charge < -0.3 is 0 Å². The topological polar surface area (TPSA) is 49.7 Å².